The molecule has 1 fully saturated rings. The molecule has 1 aromatic carbocycles. The molecule has 0 unspecified atom stereocenters. The number of aryl methyl sites for hydroxylation is 1. The molecule has 1 aliphatic heterocycles. The lowest BCUT2D eigenvalue weighted by Gasteiger charge is -2.38. The van der Waals surface area contributed by atoms with Gasteiger partial charge in [0.2, 0.25) is 0 Å². The molecule has 0 bridgehead atoms. The Morgan fingerprint density at radius 1 is 1.05 bits per heavy atom. The number of fused-ring (bicyclic) bond motifs is 1. The second-order valence-electron chi connectivity index (χ2n) is 6.48. The maximum Gasteiger partial charge on any atom is 0.327 e. The summed E-state index contributed by atoms with van der Waals surface area (Å²) in [6.07, 6.45) is 0.622. The highest BCUT2D eigenvalue weighted by Gasteiger charge is 2.59. The van der Waals surface area contributed by atoms with E-state index in [1.165, 1.54) is 0 Å². The Labute approximate surface area is 123 Å². The van der Waals surface area contributed by atoms with Crippen LogP contribution in [-0.4, -0.2) is 17.7 Å². The third kappa shape index (κ3) is 1.83. The zero-order chi connectivity index (χ0) is 15.6. The van der Waals surface area contributed by atoms with Crippen molar-refractivity contribution in [3.63, 3.8) is 0 Å². The van der Waals surface area contributed by atoms with Gasteiger partial charge >= 0.3 is 11.9 Å². The van der Waals surface area contributed by atoms with E-state index in [9.17, 15) is 9.59 Å². The molecule has 3 rings (SSSR count). The van der Waals surface area contributed by atoms with Gasteiger partial charge in [0.05, 0.1) is 0 Å². The summed E-state index contributed by atoms with van der Waals surface area (Å²) < 4.78 is 10.6. The number of carbonyl (C=O) groups excluding carboxylic acids is 2. The Morgan fingerprint density at radius 2 is 1.57 bits per heavy atom. The number of carbonyl (C=O) groups is 2. The van der Waals surface area contributed by atoms with Gasteiger partial charge in [0.15, 0.2) is 5.41 Å². The zero-order valence-electron chi connectivity index (χ0n) is 12.7. The molecule has 0 aromatic heterocycles. The molecule has 112 valence electrons. The first-order valence-corrected chi connectivity index (χ1v) is 7.00. The van der Waals surface area contributed by atoms with E-state index in [2.05, 4.69) is 0 Å². The number of rotatable bonds is 0. The Balaban J connectivity index is 2.08. The normalized spacial score (nSPS) is 21.9. The number of nitrogen functional groups attached to an aromatic ring is 1. The van der Waals surface area contributed by atoms with Crippen LogP contribution in [0.15, 0.2) is 6.07 Å². The summed E-state index contributed by atoms with van der Waals surface area (Å²) in [6.45, 7) is 6.98. The average molecular weight is 289 g/mol. The third-order valence-corrected chi connectivity index (χ3v) is 4.51. The van der Waals surface area contributed by atoms with Crippen molar-refractivity contribution in [1.82, 2.24) is 0 Å². The van der Waals surface area contributed by atoms with Gasteiger partial charge in [-0.15, -0.1) is 0 Å². The minimum absolute atomic E-state index is 0.299. The predicted molar refractivity (Wildman–Crippen MR) is 76.4 cm³/mol. The minimum Gasteiger partial charge on any atom is -0.422 e. The molecule has 1 heterocycles. The molecule has 5 nitrogen and oxygen atoms in total. The van der Waals surface area contributed by atoms with Crippen LogP contribution in [-0.2, 0) is 31.9 Å². The van der Waals surface area contributed by atoms with Gasteiger partial charge in [-0.1, -0.05) is 0 Å². The molecular weight excluding hydrogens is 270 g/mol. The monoisotopic (exact) mass is 289 g/mol. The van der Waals surface area contributed by atoms with E-state index in [4.69, 9.17) is 15.2 Å². The topological polar surface area (TPSA) is 78.6 Å². The van der Waals surface area contributed by atoms with E-state index in [0.717, 1.165) is 22.3 Å². The quantitative estimate of drug-likeness (QED) is 0.447. The van der Waals surface area contributed by atoms with Gasteiger partial charge in [0.1, 0.15) is 0 Å². The summed E-state index contributed by atoms with van der Waals surface area (Å²) in [5, 5.41) is 0. The highest BCUT2D eigenvalue weighted by Crippen LogP contribution is 2.46. The fraction of sp³-hybridized carbons (Fsp3) is 0.500. The highest BCUT2D eigenvalue weighted by molar-refractivity contribution is 6.03. The van der Waals surface area contributed by atoms with Crippen LogP contribution in [0.4, 0.5) is 5.69 Å². The van der Waals surface area contributed by atoms with Crippen LogP contribution in [0.3, 0.4) is 0 Å². The van der Waals surface area contributed by atoms with Crippen molar-refractivity contribution >= 4 is 17.6 Å². The van der Waals surface area contributed by atoms with Gasteiger partial charge in [-0.2, -0.15) is 0 Å². The second kappa shape index (κ2) is 4.00. The Bertz CT molecular complexity index is 655. The summed E-state index contributed by atoms with van der Waals surface area (Å²) in [5.74, 6) is -2.20. The number of cyclic esters (lactones) is 2. The zero-order valence-corrected chi connectivity index (χ0v) is 12.7. The number of anilines is 1. The first-order valence-electron chi connectivity index (χ1n) is 7.00. The Hall–Kier alpha value is -2.04. The lowest BCUT2D eigenvalue weighted by Crippen LogP contribution is -2.54. The number of hydrogen-bond donors (Lipinski definition) is 1. The number of nitrogens with two attached hydrogens (primary N) is 1. The largest absolute Gasteiger partial charge is 0.422 e. The van der Waals surface area contributed by atoms with Crippen LogP contribution in [0.2, 0.25) is 0 Å². The minimum atomic E-state index is -1.25. The van der Waals surface area contributed by atoms with Gasteiger partial charge in [0.25, 0.3) is 5.79 Å². The fourth-order valence-corrected chi connectivity index (χ4v) is 3.25. The maximum atomic E-state index is 12.5. The third-order valence-electron chi connectivity index (χ3n) is 4.51. The molecule has 0 atom stereocenters. The van der Waals surface area contributed by atoms with Crippen molar-refractivity contribution in [3.05, 3.63) is 28.3 Å². The molecule has 1 aliphatic carbocycles. The number of benzene rings is 1. The predicted octanol–water partition coefficient (Wildman–Crippen LogP) is 1.81. The van der Waals surface area contributed by atoms with Crippen LogP contribution in [0.25, 0.3) is 0 Å². The highest BCUT2D eigenvalue weighted by atomic mass is 16.7. The lowest BCUT2D eigenvalue weighted by atomic mass is 9.83. The molecule has 1 spiro atoms. The summed E-state index contributed by atoms with van der Waals surface area (Å²) in [7, 11) is 0. The maximum absolute atomic E-state index is 12.5. The van der Waals surface area contributed by atoms with Crippen molar-refractivity contribution in [2.45, 2.75) is 46.3 Å². The van der Waals surface area contributed by atoms with E-state index in [1.54, 1.807) is 13.8 Å². The van der Waals surface area contributed by atoms with E-state index in [0.29, 0.717) is 18.5 Å². The van der Waals surface area contributed by atoms with Crippen LogP contribution in [0.1, 0.15) is 36.1 Å². The van der Waals surface area contributed by atoms with Crippen molar-refractivity contribution < 1.29 is 19.1 Å². The van der Waals surface area contributed by atoms with Crippen LogP contribution in [0, 0.1) is 19.3 Å². The van der Waals surface area contributed by atoms with Crippen molar-refractivity contribution in [1.29, 1.82) is 0 Å². The SMILES string of the molecule is Cc1cc(N)c(C)c2c1CC1(C2)C(=O)OC(C)(C)OC1=O. The van der Waals surface area contributed by atoms with Crippen LogP contribution >= 0.6 is 0 Å². The molecule has 1 aromatic rings. The average Bonchev–Trinajstić information content (AvgIpc) is 2.76. The van der Waals surface area contributed by atoms with Gasteiger partial charge < -0.3 is 15.2 Å². The van der Waals surface area contributed by atoms with Crippen LogP contribution in [0.5, 0.6) is 0 Å². The van der Waals surface area contributed by atoms with Gasteiger partial charge in [-0.05, 0) is 42.2 Å². The van der Waals surface area contributed by atoms with E-state index in [-0.39, 0.29) is 0 Å². The molecule has 2 aliphatic rings. The smallest absolute Gasteiger partial charge is 0.327 e. The van der Waals surface area contributed by atoms with E-state index >= 15 is 0 Å². The molecule has 0 saturated carbocycles. The summed E-state index contributed by atoms with van der Waals surface area (Å²) in [4.78, 5) is 24.9. The van der Waals surface area contributed by atoms with Crippen LogP contribution < -0.4 is 5.73 Å². The molecule has 2 N–H and O–H groups in total. The molecular formula is C16H19NO4. The first kappa shape index (κ1) is 13.9. The van der Waals surface area contributed by atoms with Gasteiger partial charge in [0, 0.05) is 32.4 Å². The summed E-state index contributed by atoms with van der Waals surface area (Å²) in [5.41, 5.74) is 9.33. The number of ether oxygens (including phenoxy) is 2. The lowest BCUT2D eigenvalue weighted by molar-refractivity contribution is -0.250. The van der Waals surface area contributed by atoms with Crippen molar-refractivity contribution in [2.75, 3.05) is 5.73 Å². The molecule has 1 saturated heterocycles. The van der Waals surface area contributed by atoms with Gasteiger partial charge in [-0.3, -0.25) is 9.59 Å². The van der Waals surface area contributed by atoms with E-state index < -0.39 is 23.1 Å². The second-order valence-corrected chi connectivity index (χ2v) is 6.48. The summed E-state index contributed by atoms with van der Waals surface area (Å²) in [6, 6.07) is 1.89. The van der Waals surface area contributed by atoms with Crippen molar-refractivity contribution in [3.8, 4) is 0 Å². The molecule has 5 heteroatoms. The number of hydrogen-bond acceptors (Lipinski definition) is 5. The summed E-state index contributed by atoms with van der Waals surface area (Å²) >= 11 is 0. The Kier molecular flexibility index (Phi) is 2.65. The molecule has 21 heavy (non-hydrogen) atoms. The first-order chi connectivity index (χ1) is 9.66. The molecule has 0 amide bonds. The molecule has 0 radical (unpaired) electrons. The van der Waals surface area contributed by atoms with Crippen molar-refractivity contribution in [2.24, 2.45) is 5.41 Å². The standard InChI is InChI=1S/C16H19NO4/c1-8-5-12(17)9(2)11-7-16(6-10(8)11)13(18)20-15(3,4)21-14(16)19/h5H,6-7,17H2,1-4H3. The van der Waals surface area contributed by atoms with Gasteiger partial charge in [-0.25, -0.2) is 0 Å². The van der Waals surface area contributed by atoms with E-state index in [1.807, 2.05) is 19.9 Å². The fourth-order valence-electron chi connectivity index (χ4n) is 3.25. The Morgan fingerprint density at radius 3 is 2.14 bits per heavy atom. The number of esters is 2.